The van der Waals surface area contributed by atoms with Crippen molar-refractivity contribution in [2.45, 2.75) is 11.4 Å². The van der Waals surface area contributed by atoms with Crippen LogP contribution in [0.1, 0.15) is 10.4 Å². The van der Waals surface area contributed by atoms with E-state index in [9.17, 15) is 13.2 Å². The molecule has 0 fully saturated rings. The molecule has 146 valence electrons. The largest absolute Gasteiger partial charge is 0.492 e. The highest BCUT2D eigenvalue weighted by molar-refractivity contribution is 7.90. The van der Waals surface area contributed by atoms with Gasteiger partial charge in [-0.15, -0.1) is 0 Å². The Labute approximate surface area is 167 Å². The molecule has 0 bridgehead atoms. The van der Waals surface area contributed by atoms with Gasteiger partial charge in [0.2, 0.25) is 0 Å². The summed E-state index contributed by atoms with van der Waals surface area (Å²) in [7, 11) is -3.45. The molecule has 3 aromatic rings. The Kier molecular flexibility index (Phi) is 5.96. The van der Waals surface area contributed by atoms with Crippen LogP contribution in [0.3, 0.4) is 0 Å². The van der Waals surface area contributed by atoms with Crippen molar-refractivity contribution < 1.29 is 17.9 Å². The summed E-state index contributed by atoms with van der Waals surface area (Å²) in [6, 6.07) is 10.8. The van der Waals surface area contributed by atoms with Crippen molar-refractivity contribution in [3.63, 3.8) is 0 Å². The van der Waals surface area contributed by atoms with E-state index in [0.717, 1.165) is 6.26 Å². The lowest BCUT2D eigenvalue weighted by atomic mass is 10.2. The van der Waals surface area contributed by atoms with Crippen LogP contribution >= 0.6 is 11.6 Å². The first kappa shape index (κ1) is 19.8. The number of carbonyl (C=O) groups excluding carboxylic acids is 1. The summed E-state index contributed by atoms with van der Waals surface area (Å²) in [6.45, 7) is 0.910. The van der Waals surface area contributed by atoms with Crippen molar-refractivity contribution in [2.75, 3.05) is 18.2 Å². The van der Waals surface area contributed by atoms with Crippen LogP contribution in [0, 0.1) is 0 Å². The molecular weight excluding hydrogens is 404 g/mol. The molecule has 0 spiro atoms. The molecular formula is C18H17ClN4O4S. The second kappa shape index (κ2) is 8.41. The fourth-order valence-electron chi connectivity index (χ4n) is 2.38. The molecule has 8 nitrogen and oxygen atoms in total. The normalized spacial score (nSPS) is 11.2. The van der Waals surface area contributed by atoms with Gasteiger partial charge in [-0.05, 0) is 30.3 Å². The van der Waals surface area contributed by atoms with Crippen molar-refractivity contribution in [3.05, 3.63) is 65.7 Å². The van der Waals surface area contributed by atoms with Gasteiger partial charge in [0.05, 0.1) is 22.0 Å². The van der Waals surface area contributed by atoms with E-state index in [2.05, 4.69) is 15.4 Å². The smallest absolute Gasteiger partial charge is 0.257 e. The predicted octanol–water partition coefficient (Wildman–Crippen LogP) is 2.67. The number of anilines is 1. The third-order valence-corrected chi connectivity index (χ3v) is 5.20. The molecule has 1 N–H and O–H groups in total. The van der Waals surface area contributed by atoms with E-state index in [4.69, 9.17) is 16.3 Å². The summed E-state index contributed by atoms with van der Waals surface area (Å²) >= 11 is 6.06. The zero-order valence-electron chi connectivity index (χ0n) is 14.9. The van der Waals surface area contributed by atoms with Gasteiger partial charge in [0.15, 0.2) is 9.84 Å². The monoisotopic (exact) mass is 420 g/mol. The van der Waals surface area contributed by atoms with Gasteiger partial charge in [-0.2, -0.15) is 5.10 Å². The molecule has 0 radical (unpaired) electrons. The van der Waals surface area contributed by atoms with Crippen molar-refractivity contribution in [2.24, 2.45) is 0 Å². The molecule has 0 atom stereocenters. The maximum Gasteiger partial charge on any atom is 0.257 e. The Balaban J connectivity index is 1.69. The molecule has 0 aliphatic rings. The molecule has 0 unspecified atom stereocenters. The van der Waals surface area contributed by atoms with Crippen LogP contribution in [0.5, 0.6) is 5.75 Å². The molecule has 1 amide bonds. The van der Waals surface area contributed by atoms with Gasteiger partial charge in [-0.3, -0.25) is 4.79 Å². The number of hydrogen-bond acceptors (Lipinski definition) is 6. The van der Waals surface area contributed by atoms with E-state index in [1.54, 1.807) is 35.3 Å². The third kappa shape index (κ3) is 5.08. The van der Waals surface area contributed by atoms with Gasteiger partial charge in [-0.1, -0.05) is 17.7 Å². The Morgan fingerprint density at radius 1 is 1.25 bits per heavy atom. The summed E-state index contributed by atoms with van der Waals surface area (Å²) in [5.74, 6) is 0.0455. The number of nitrogens with zero attached hydrogens (tertiary/aromatic N) is 3. The predicted molar refractivity (Wildman–Crippen MR) is 104 cm³/mol. The van der Waals surface area contributed by atoms with Crippen LogP contribution in [0.25, 0.3) is 0 Å². The molecule has 1 aromatic heterocycles. The maximum absolute atomic E-state index is 12.5. The minimum Gasteiger partial charge on any atom is -0.492 e. The number of hydrogen-bond donors (Lipinski definition) is 1. The van der Waals surface area contributed by atoms with Crippen molar-refractivity contribution in [1.82, 2.24) is 14.8 Å². The molecule has 3 rings (SSSR count). The van der Waals surface area contributed by atoms with E-state index in [1.165, 1.54) is 24.5 Å². The Bertz CT molecular complexity index is 1080. The first-order valence-corrected chi connectivity index (χ1v) is 10.5. The quantitative estimate of drug-likeness (QED) is 0.630. The van der Waals surface area contributed by atoms with Crippen molar-refractivity contribution in [3.8, 4) is 5.75 Å². The Hall–Kier alpha value is -2.91. The van der Waals surface area contributed by atoms with E-state index in [0.29, 0.717) is 24.6 Å². The average molecular weight is 421 g/mol. The first-order valence-electron chi connectivity index (χ1n) is 8.19. The van der Waals surface area contributed by atoms with Crippen LogP contribution in [0.2, 0.25) is 5.02 Å². The van der Waals surface area contributed by atoms with Gasteiger partial charge in [0.1, 0.15) is 25.0 Å². The standard InChI is InChI=1S/C18H17ClN4O4S/c1-28(25,26)15-5-6-17(19)16(10-15)18(24)22-13-3-2-4-14(9-13)27-8-7-23-12-20-11-21-23/h2-6,9-12H,7-8H2,1H3,(H,22,24). The van der Waals surface area contributed by atoms with E-state index < -0.39 is 15.7 Å². The number of amides is 1. The number of sulfone groups is 1. The van der Waals surface area contributed by atoms with Crippen LogP contribution in [-0.2, 0) is 16.4 Å². The van der Waals surface area contributed by atoms with E-state index in [1.807, 2.05) is 0 Å². The van der Waals surface area contributed by atoms with E-state index in [-0.39, 0.29) is 15.5 Å². The molecule has 0 saturated heterocycles. The Morgan fingerprint density at radius 2 is 2.07 bits per heavy atom. The molecule has 2 aromatic carbocycles. The Morgan fingerprint density at radius 3 is 2.79 bits per heavy atom. The molecule has 1 heterocycles. The topological polar surface area (TPSA) is 103 Å². The highest BCUT2D eigenvalue weighted by Crippen LogP contribution is 2.23. The van der Waals surface area contributed by atoms with Gasteiger partial charge in [0, 0.05) is 18.0 Å². The molecule has 10 heteroatoms. The van der Waals surface area contributed by atoms with Crippen LogP contribution in [-0.4, -0.2) is 42.0 Å². The number of halogens is 1. The zero-order chi connectivity index (χ0) is 20.1. The van der Waals surface area contributed by atoms with Gasteiger partial charge in [-0.25, -0.2) is 18.1 Å². The second-order valence-electron chi connectivity index (χ2n) is 5.90. The fourth-order valence-corrected chi connectivity index (χ4v) is 3.23. The van der Waals surface area contributed by atoms with Gasteiger partial charge in [0.25, 0.3) is 5.91 Å². The van der Waals surface area contributed by atoms with Gasteiger partial charge < -0.3 is 10.1 Å². The summed E-state index contributed by atoms with van der Waals surface area (Å²) in [5.41, 5.74) is 0.561. The lowest BCUT2D eigenvalue weighted by Gasteiger charge is -2.10. The highest BCUT2D eigenvalue weighted by atomic mass is 35.5. The minimum absolute atomic E-state index is 0.0206. The number of rotatable bonds is 7. The zero-order valence-corrected chi connectivity index (χ0v) is 16.4. The van der Waals surface area contributed by atoms with Gasteiger partial charge >= 0.3 is 0 Å². The molecule has 0 aliphatic carbocycles. The first-order chi connectivity index (χ1) is 13.3. The minimum atomic E-state index is -3.45. The second-order valence-corrected chi connectivity index (χ2v) is 8.33. The van der Waals surface area contributed by atoms with Crippen molar-refractivity contribution >= 4 is 33.0 Å². The number of carbonyl (C=O) groups is 1. The average Bonchev–Trinajstić information content (AvgIpc) is 3.15. The molecule has 28 heavy (non-hydrogen) atoms. The SMILES string of the molecule is CS(=O)(=O)c1ccc(Cl)c(C(=O)Nc2cccc(OCCn3cncn3)c2)c1. The fraction of sp³-hybridized carbons (Fsp3) is 0.167. The number of ether oxygens (including phenoxy) is 1. The third-order valence-electron chi connectivity index (χ3n) is 3.76. The summed E-state index contributed by atoms with van der Waals surface area (Å²) < 4.78 is 30.7. The van der Waals surface area contributed by atoms with Crippen LogP contribution in [0.15, 0.2) is 60.0 Å². The maximum atomic E-state index is 12.5. The lowest BCUT2D eigenvalue weighted by molar-refractivity contribution is 0.102. The number of benzene rings is 2. The lowest BCUT2D eigenvalue weighted by Crippen LogP contribution is -2.14. The summed E-state index contributed by atoms with van der Waals surface area (Å²) in [6.07, 6.45) is 4.10. The molecule has 0 saturated carbocycles. The number of nitrogens with one attached hydrogen (secondary N) is 1. The highest BCUT2D eigenvalue weighted by Gasteiger charge is 2.16. The summed E-state index contributed by atoms with van der Waals surface area (Å²) in [5, 5.41) is 6.84. The summed E-state index contributed by atoms with van der Waals surface area (Å²) in [4.78, 5) is 16.4. The number of aromatic nitrogens is 3. The molecule has 0 aliphatic heterocycles. The van der Waals surface area contributed by atoms with Crippen molar-refractivity contribution in [1.29, 1.82) is 0 Å². The van der Waals surface area contributed by atoms with E-state index >= 15 is 0 Å². The van der Waals surface area contributed by atoms with Crippen LogP contribution < -0.4 is 10.1 Å². The van der Waals surface area contributed by atoms with Crippen LogP contribution in [0.4, 0.5) is 5.69 Å².